The van der Waals surface area contributed by atoms with Crippen LogP contribution in [0.15, 0.2) is 72.6 Å². The van der Waals surface area contributed by atoms with Gasteiger partial charge < -0.3 is 5.32 Å². The molecule has 8 heteroatoms. The molecule has 0 fully saturated rings. The van der Waals surface area contributed by atoms with Gasteiger partial charge in [-0.3, -0.25) is 10.1 Å². The van der Waals surface area contributed by atoms with Gasteiger partial charge >= 0.3 is 0 Å². The first-order valence-corrected chi connectivity index (χ1v) is 10.6. The zero-order valence-corrected chi connectivity index (χ0v) is 17.8. The van der Waals surface area contributed by atoms with Crippen molar-refractivity contribution in [2.75, 3.05) is 11.9 Å². The maximum Gasteiger partial charge on any atom is 0.238 e. The number of amides is 1. The second-order valence-electron chi connectivity index (χ2n) is 6.79. The number of carbonyl (C=O) groups is 1. The minimum atomic E-state index is -0.174. The van der Waals surface area contributed by atoms with Crippen LogP contribution in [-0.4, -0.2) is 27.2 Å². The number of benzene rings is 2. The Bertz CT molecular complexity index is 1110. The lowest BCUT2D eigenvalue weighted by Gasteiger charge is -2.19. The Morgan fingerprint density at radius 3 is 2.73 bits per heavy atom. The van der Waals surface area contributed by atoms with Crippen LogP contribution in [0.2, 0.25) is 5.02 Å². The van der Waals surface area contributed by atoms with E-state index in [4.69, 9.17) is 11.6 Å². The standard InChI is InChI=1S/C22H20ClN5OS/c1-15-4-6-16(7-5-15)22(20-3-2-10-30-20)25-12-21(29)27-18-11-17(23)8-9-19(18)28-14-24-13-26-28/h2-11,13-14,22,25H,12H2,1H3,(H,27,29)/t22-/m1/s1. The Kier molecular flexibility index (Phi) is 6.23. The fraction of sp³-hybridized carbons (Fsp3) is 0.136. The Morgan fingerprint density at radius 1 is 1.20 bits per heavy atom. The number of aromatic nitrogens is 3. The second-order valence-corrected chi connectivity index (χ2v) is 8.21. The molecule has 1 amide bonds. The average Bonchev–Trinajstić information content (AvgIpc) is 3.44. The summed E-state index contributed by atoms with van der Waals surface area (Å²) >= 11 is 7.80. The van der Waals surface area contributed by atoms with Crippen LogP contribution in [0.4, 0.5) is 5.69 Å². The molecule has 0 saturated carbocycles. The number of carbonyl (C=O) groups excluding carboxylic acids is 1. The second kappa shape index (κ2) is 9.21. The third kappa shape index (κ3) is 4.76. The number of halogens is 1. The molecule has 4 aromatic rings. The third-order valence-corrected chi connectivity index (χ3v) is 5.78. The Balaban J connectivity index is 1.50. The van der Waals surface area contributed by atoms with E-state index in [0.29, 0.717) is 16.4 Å². The van der Waals surface area contributed by atoms with Gasteiger partial charge in [-0.1, -0.05) is 47.5 Å². The number of thiophene rings is 1. The van der Waals surface area contributed by atoms with Gasteiger partial charge in [0, 0.05) is 9.90 Å². The van der Waals surface area contributed by atoms with E-state index in [0.717, 1.165) is 10.4 Å². The number of hydrogen-bond donors (Lipinski definition) is 2. The molecule has 30 heavy (non-hydrogen) atoms. The van der Waals surface area contributed by atoms with Crippen LogP contribution in [0.5, 0.6) is 0 Å². The van der Waals surface area contributed by atoms with Gasteiger partial charge in [0.1, 0.15) is 12.7 Å². The molecule has 2 aromatic heterocycles. The summed E-state index contributed by atoms with van der Waals surface area (Å²) < 4.78 is 1.58. The first-order valence-electron chi connectivity index (χ1n) is 9.38. The van der Waals surface area contributed by atoms with Crippen LogP contribution < -0.4 is 10.6 Å². The molecule has 152 valence electrons. The summed E-state index contributed by atoms with van der Waals surface area (Å²) in [5.74, 6) is -0.174. The molecule has 4 rings (SSSR count). The summed E-state index contributed by atoms with van der Waals surface area (Å²) in [5, 5.41) is 13.0. The van der Waals surface area contributed by atoms with Crippen LogP contribution >= 0.6 is 22.9 Å². The van der Waals surface area contributed by atoms with Gasteiger partial charge in [0.05, 0.1) is 24.0 Å². The van der Waals surface area contributed by atoms with Gasteiger partial charge in [0.15, 0.2) is 0 Å². The SMILES string of the molecule is Cc1ccc([C@@H](NCC(=O)Nc2cc(Cl)ccc2-n2cncn2)c2cccs2)cc1. The largest absolute Gasteiger partial charge is 0.323 e. The lowest BCUT2D eigenvalue weighted by molar-refractivity contribution is -0.115. The van der Waals surface area contributed by atoms with Crippen LogP contribution in [0.1, 0.15) is 22.0 Å². The lowest BCUT2D eigenvalue weighted by atomic mass is 10.0. The molecule has 0 saturated heterocycles. The monoisotopic (exact) mass is 437 g/mol. The van der Waals surface area contributed by atoms with E-state index in [1.165, 1.54) is 11.9 Å². The molecule has 6 nitrogen and oxygen atoms in total. The van der Waals surface area contributed by atoms with Crippen molar-refractivity contribution in [2.45, 2.75) is 13.0 Å². The highest BCUT2D eigenvalue weighted by atomic mass is 35.5. The third-order valence-electron chi connectivity index (χ3n) is 4.60. The predicted molar refractivity (Wildman–Crippen MR) is 120 cm³/mol. The summed E-state index contributed by atoms with van der Waals surface area (Å²) in [7, 11) is 0. The first-order chi connectivity index (χ1) is 14.6. The zero-order valence-electron chi connectivity index (χ0n) is 16.2. The van der Waals surface area contributed by atoms with Crippen molar-refractivity contribution < 1.29 is 4.79 Å². The van der Waals surface area contributed by atoms with E-state index in [1.54, 1.807) is 40.5 Å². The molecule has 0 bridgehead atoms. The summed E-state index contributed by atoms with van der Waals surface area (Å²) in [6.07, 6.45) is 3.01. The topological polar surface area (TPSA) is 71.8 Å². The van der Waals surface area contributed by atoms with E-state index in [2.05, 4.69) is 58.0 Å². The molecular weight excluding hydrogens is 418 g/mol. The number of rotatable bonds is 7. The van der Waals surface area contributed by atoms with Gasteiger partial charge in [0.25, 0.3) is 0 Å². The number of anilines is 1. The number of hydrogen-bond acceptors (Lipinski definition) is 5. The molecule has 0 radical (unpaired) electrons. The van der Waals surface area contributed by atoms with E-state index in [9.17, 15) is 4.79 Å². The number of nitrogens with zero attached hydrogens (tertiary/aromatic N) is 3. The fourth-order valence-corrected chi connectivity index (χ4v) is 4.13. The molecule has 0 aliphatic rings. The summed E-state index contributed by atoms with van der Waals surface area (Å²) in [6, 6.07) is 17.6. The number of nitrogens with one attached hydrogen (secondary N) is 2. The van der Waals surface area contributed by atoms with Crippen molar-refractivity contribution in [1.29, 1.82) is 0 Å². The maximum absolute atomic E-state index is 12.7. The molecule has 0 aliphatic carbocycles. The molecule has 2 N–H and O–H groups in total. The first kappa shape index (κ1) is 20.3. The van der Waals surface area contributed by atoms with Crippen molar-refractivity contribution in [3.63, 3.8) is 0 Å². The van der Waals surface area contributed by atoms with Crippen molar-refractivity contribution in [3.8, 4) is 5.69 Å². The highest BCUT2D eigenvalue weighted by molar-refractivity contribution is 7.10. The van der Waals surface area contributed by atoms with Gasteiger partial charge in [-0.25, -0.2) is 9.67 Å². The van der Waals surface area contributed by atoms with Crippen LogP contribution in [0.3, 0.4) is 0 Å². The quantitative estimate of drug-likeness (QED) is 0.443. The van der Waals surface area contributed by atoms with Crippen LogP contribution in [-0.2, 0) is 4.79 Å². The lowest BCUT2D eigenvalue weighted by Crippen LogP contribution is -2.31. The van der Waals surface area contributed by atoms with E-state index in [-0.39, 0.29) is 18.5 Å². The molecule has 0 unspecified atom stereocenters. The van der Waals surface area contributed by atoms with Crippen molar-refractivity contribution in [3.05, 3.63) is 93.7 Å². The maximum atomic E-state index is 12.7. The Morgan fingerprint density at radius 2 is 2.03 bits per heavy atom. The van der Waals surface area contributed by atoms with E-state index in [1.807, 2.05) is 11.4 Å². The molecule has 2 heterocycles. The zero-order chi connectivity index (χ0) is 20.9. The summed E-state index contributed by atoms with van der Waals surface area (Å²) in [5.41, 5.74) is 3.58. The smallest absolute Gasteiger partial charge is 0.238 e. The van der Waals surface area contributed by atoms with Gasteiger partial charge in [-0.2, -0.15) is 5.10 Å². The van der Waals surface area contributed by atoms with Crippen molar-refractivity contribution in [2.24, 2.45) is 0 Å². The Hall–Kier alpha value is -3.00. The normalized spacial score (nSPS) is 11.9. The van der Waals surface area contributed by atoms with E-state index < -0.39 is 0 Å². The van der Waals surface area contributed by atoms with Gasteiger partial charge in [-0.15, -0.1) is 11.3 Å². The highest BCUT2D eigenvalue weighted by Gasteiger charge is 2.17. The van der Waals surface area contributed by atoms with Crippen molar-refractivity contribution >= 4 is 34.5 Å². The molecular formula is C22H20ClN5OS. The summed E-state index contributed by atoms with van der Waals surface area (Å²) in [4.78, 5) is 17.9. The van der Waals surface area contributed by atoms with E-state index >= 15 is 0 Å². The highest BCUT2D eigenvalue weighted by Crippen LogP contribution is 2.27. The number of aryl methyl sites for hydroxylation is 1. The molecule has 2 aromatic carbocycles. The minimum absolute atomic E-state index is 0.0644. The van der Waals surface area contributed by atoms with Crippen LogP contribution in [0.25, 0.3) is 5.69 Å². The fourth-order valence-electron chi connectivity index (χ4n) is 3.13. The van der Waals surface area contributed by atoms with Crippen molar-refractivity contribution in [1.82, 2.24) is 20.1 Å². The molecule has 0 spiro atoms. The van der Waals surface area contributed by atoms with Crippen LogP contribution in [0, 0.1) is 6.92 Å². The molecule has 1 atom stereocenters. The van der Waals surface area contributed by atoms with Gasteiger partial charge in [0.2, 0.25) is 5.91 Å². The Labute approximate surface area is 183 Å². The molecule has 0 aliphatic heterocycles. The summed E-state index contributed by atoms with van der Waals surface area (Å²) in [6.45, 7) is 2.20. The average molecular weight is 438 g/mol. The predicted octanol–water partition coefficient (Wildman–Crippen LogP) is 4.61. The minimum Gasteiger partial charge on any atom is -0.323 e. The van der Waals surface area contributed by atoms with Gasteiger partial charge in [-0.05, 0) is 42.1 Å².